The molecule has 1 N–H and O–H groups in total. The van der Waals surface area contributed by atoms with Gasteiger partial charge < -0.3 is 9.15 Å². The van der Waals surface area contributed by atoms with Gasteiger partial charge in [0.15, 0.2) is 6.61 Å². The largest absolute Gasteiger partial charge is 0.484 e. The maximum atomic E-state index is 11.7. The highest BCUT2D eigenvalue weighted by Crippen LogP contribution is 2.47. The van der Waals surface area contributed by atoms with Gasteiger partial charge in [0.2, 0.25) is 0 Å². The van der Waals surface area contributed by atoms with Gasteiger partial charge in [0.05, 0.1) is 6.21 Å². The van der Waals surface area contributed by atoms with Gasteiger partial charge in [0, 0.05) is 10.4 Å². The number of nitrogens with zero attached hydrogens (tertiary/aromatic N) is 1. The second-order valence-electron chi connectivity index (χ2n) is 5.60. The number of hydrogen-bond donors (Lipinski definition) is 1. The molecule has 0 saturated heterocycles. The van der Waals surface area contributed by atoms with Crippen molar-refractivity contribution in [1.29, 1.82) is 0 Å². The van der Waals surface area contributed by atoms with E-state index in [1.54, 1.807) is 12.1 Å². The Morgan fingerprint density at radius 1 is 1.39 bits per heavy atom. The van der Waals surface area contributed by atoms with Crippen LogP contribution in [0.15, 0.2) is 50.4 Å². The van der Waals surface area contributed by atoms with Gasteiger partial charge in [-0.3, -0.25) is 4.79 Å². The lowest BCUT2D eigenvalue weighted by Crippen LogP contribution is -2.24. The van der Waals surface area contributed by atoms with Crippen LogP contribution < -0.4 is 10.2 Å². The van der Waals surface area contributed by atoms with Crippen LogP contribution in [-0.2, 0) is 4.79 Å². The minimum absolute atomic E-state index is 0.0953. The predicted molar refractivity (Wildman–Crippen MR) is 90.6 cm³/mol. The Kier molecular flexibility index (Phi) is 4.81. The average molecular weight is 377 g/mol. The number of nitrogens with one attached hydrogen (secondary N) is 1. The molecule has 1 saturated carbocycles. The van der Waals surface area contributed by atoms with Crippen molar-refractivity contribution < 1.29 is 13.9 Å². The van der Waals surface area contributed by atoms with Gasteiger partial charge in [-0.25, -0.2) is 5.43 Å². The summed E-state index contributed by atoms with van der Waals surface area (Å²) in [5.41, 5.74) is 2.41. The van der Waals surface area contributed by atoms with Gasteiger partial charge in [-0.1, -0.05) is 22.9 Å². The Morgan fingerprint density at radius 2 is 2.13 bits per heavy atom. The number of furan rings is 1. The summed E-state index contributed by atoms with van der Waals surface area (Å²) in [5.74, 6) is 3.15. The standard InChI is InChI=1S/C17H17BrN2O3/c1-11-8-15(11)16-7-6-14(23-16)9-19-20-17(21)10-22-13-4-2-12(18)3-5-13/h2-7,9,11,15H,8,10H2,1H3,(H,20,21)/b19-9-/t11-,15+/m0/s1. The molecule has 2 aromatic rings. The zero-order valence-electron chi connectivity index (χ0n) is 12.7. The molecule has 0 spiro atoms. The average Bonchev–Trinajstić information content (AvgIpc) is 3.08. The van der Waals surface area contributed by atoms with Crippen molar-refractivity contribution in [3.05, 3.63) is 52.4 Å². The summed E-state index contributed by atoms with van der Waals surface area (Å²) in [6, 6.07) is 11.1. The molecule has 1 heterocycles. The Hall–Kier alpha value is -2.08. The number of carbonyl (C=O) groups is 1. The number of hydrazone groups is 1. The van der Waals surface area contributed by atoms with Crippen molar-refractivity contribution in [2.24, 2.45) is 11.0 Å². The Bertz CT molecular complexity index is 709. The molecule has 5 nitrogen and oxygen atoms in total. The van der Waals surface area contributed by atoms with Crippen LogP contribution in [0.5, 0.6) is 5.75 Å². The van der Waals surface area contributed by atoms with E-state index in [1.165, 1.54) is 12.6 Å². The van der Waals surface area contributed by atoms with Crippen LogP contribution in [0.25, 0.3) is 0 Å². The fourth-order valence-corrected chi connectivity index (χ4v) is 2.50. The molecule has 1 aromatic heterocycles. The van der Waals surface area contributed by atoms with E-state index in [0.717, 1.165) is 10.2 Å². The van der Waals surface area contributed by atoms with E-state index in [1.807, 2.05) is 24.3 Å². The topological polar surface area (TPSA) is 63.8 Å². The number of amides is 1. The quantitative estimate of drug-likeness (QED) is 0.617. The summed E-state index contributed by atoms with van der Waals surface area (Å²) in [5, 5.41) is 3.87. The van der Waals surface area contributed by atoms with Crippen molar-refractivity contribution >= 4 is 28.1 Å². The summed E-state index contributed by atoms with van der Waals surface area (Å²) < 4.78 is 12.0. The van der Waals surface area contributed by atoms with Gasteiger partial charge in [0.1, 0.15) is 17.3 Å². The van der Waals surface area contributed by atoms with Crippen molar-refractivity contribution in [2.45, 2.75) is 19.3 Å². The van der Waals surface area contributed by atoms with E-state index in [4.69, 9.17) is 9.15 Å². The zero-order chi connectivity index (χ0) is 16.2. The fourth-order valence-electron chi connectivity index (χ4n) is 2.24. The molecule has 120 valence electrons. The Labute approximate surface area is 142 Å². The molecule has 2 atom stereocenters. The first-order valence-corrected chi connectivity index (χ1v) is 8.21. The molecule has 0 bridgehead atoms. The minimum Gasteiger partial charge on any atom is -0.484 e. The van der Waals surface area contributed by atoms with Crippen molar-refractivity contribution in [2.75, 3.05) is 6.61 Å². The lowest BCUT2D eigenvalue weighted by molar-refractivity contribution is -0.123. The van der Waals surface area contributed by atoms with Gasteiger partial charge >= 0.3 is 0 Å². The van der Waals surface area contributed by atoms with Crippen molar-refractivity contribution in [3.63, 3.8) is 0 Å². The predicted octanol–water partition coefficient (Wildman–Crippen LogP) is 3.69. The van der Waals surface area contributed by atoms with Crippen molar-refractivity contribution in [3.8, 4) is 5.75 Å². The van der Waals surface area contributed by atoms with Gasteiger partial charge in [-0.05, 0) is 48.7 Å². The molecule has 0 aliphatic heterocycles. The smallest absolute Gasteiger partial charge is 0.277 e. The minimum atomic E-state index is -0.327. The second kappa shape index (κ2) is 7.00. The van der Waals surface area contributed by atoms with Crippen LogP contribution in [0.3, 0.4) is 0 Å². The second-order valence-corrected chi connectivity index (χ2v) is 6.51. The molecule has 1 aromatic carbocycles. The molecule has 1 aliphatic carbocycles. The first-order valence-electron chi connectivity index (χ1n) is 7.42. The molecule has 6 heteroatoms. The first-order chi connectivity index (χ1) is 11.1. The number of benzene rings is 1. The number of hydrogen-bond acceptors (Lipinski definition) is 4. The highest BCUT2D eigenvalue weighted by Gasteiger charge is 2.36. The SMILES string of the molecule is C[C@H]1C[C@H]1c1ccc(/C=N\NC(=O)COc2ccc(Br)cc2)o1. The van der Waals surface area contributed by atoms with Gasteiger partial charge in [0.25, 0.3) is 5.91 Å². The molecule has 1 fully saturated rings. The van der Waals surface area contributed by atoms with Crippen LogP contribution in [0, 0.1) is 5.92 Å². The summed E-state index contributed by atoms with van der Waals surface area (Å²) in [4.78, 5) is 11.7. The maximum Gasteiger partial charge on any atom is 0.277 e. The Morgan fingerprint density at radius 3 is 2.83 bits per heavy atom. The van der Waals surface area contributed by atoms with E-state index in [2.05, 4.69) is 33.4 Å². The maximum absolute atomic E-state index is 11.7. The summed E-state index contributed by atoms with van der Waals surface area (Å²) in [6.07, 6.45) is 2.67. The number of ether oxygens (including phenoxy) is 1. The first kappa shape index (κ1) is 15.8. The van der Waals surface area contributed by atoms with Gasteiger partial charge in [-0.15, -0.1) is 0 Å². The molecule has 1 amide bonds. The molecule has 23 heavy (non-hydrogen) atoms. The molecule has 0 unspecified atom stereocenters. The van der Waals surface area contributed by atoms with E-state index >= 15 is 0 Å². The van der Waals surface area contributed by atoms with Crippen LogP contribution >= 0.6 is 15.9 Å². The van der Waals surface area contributed by atoms with Crippen LogP contribution in [0.1, 0.15) is 30.8 Å². The summed E-state index contributed by atoms with van der Waals surface area (Å²) in [7, 11) is 0. The van der Waals surface area contributed by atoms with Crippen molar-refractivity contribution in [1.82, 2.24) is 5.43 Å². The van der Waals surface area contributed by atoms with Crippen LogP contribution in [0.2, 0.25) is 0 Å². The number of halogens is 1. The molecule has 3 rings (SSSR count). The van der Waals surface area contributed by atoms with Crippen LogP contribution in [-0.4, -0.2) is 18.7 Å². The third kappa shape index (κ3) is 4.45. The normalized spacial score (nSPS) is 19.7. The molecular weight excluding hydrogens is 360 g/mol. The molecule has 0 radical (unpaired) electrons. The fraction of sp³-hybridized carbons (Fsp3) is 0.294. The third-order valence-corrected chi connectivity index (χ3v) is 4.22. The summed E-state index contributed by atoms with van der Waals surface area (Å²) >= 11 is 3.34. The highest BCUT2D eigenvalue weighted by molar-refractivity contribution is 9.10. The summed E-state index contributed by atoms with van der Waals surface area (Å²) in [6.45, 7) is 2.11. The van der Waals surface area contributed by atoms with E-state index in [9.17, 15) is 4.79 Å². The lowest BCUT2D eigenvalue weighted by atomic mass is 10.3. The number of rotatable bonds is 6. The lowest BCUT2D eigenvalue weighted by Gasteiger charge is -2.04. The molecular formula is C17H17BrN2O3. The van der Waals surface area contributed by atoms with Crippen LogP contribution in [0.4, 0.5) is 0 Å². The highest BCUT2D eigenvalue weighted by atomic mass is 79.9. The molecule has 1 aliphatic rings. The van der Waals surface area contributed by atoms with E-state index < -0.39 is 0 Å². The zero-order valence-corrected chi connectivity index (χ0v) is 14.2. The van der Waals surface area contributed by atoms with E-state index in [-0.39, 0.29) is 12.5 Å². The number of carbonyl (C=O) groups excluding carboxylic acids is 1. The third-order valence-electron chi connectivity index (χ3n) is 3.69. The monoisotopic (exact) mass is 376 g/mol. The van der Waals surface area contributed by atoms with E-state index in [0.29, 0.717) is 23.3 Å². The van der Waals surface area contributed by atoms with Gasteiger partial charge in [-0.2, -0.15) is 5.10 Å². The Balaban J connectivity index is 1.43.